The van der Waals surface area contributed by atoms with Gasteiger partial charge in [-0.25, -0.2) is 12.8 Å². The molecule has 0 aromatic heterocycles. The molecule has 28 heavy (non-hydrogen) atoms. The van der Waals surface area contributed by atoms with Gasteiger partial charge >= 0.3 is 0 Å². The van der Waals surface area contributed by atoms with Crippen molar-refractivity contribution in [2.24, 2.45) is 0 Å². The molecule has 0 saturated carbocycles. The highest BCUT2D eigenvalue weighted by Crippen LogP contribution is 2.25. The average molecular weight is 405 g/mol. The highest BCUT2D eigenvalue weighted by atomic mass is 32.2. The minimum absolute atomic E-state index is 0.0434. The van der Waals surface area contributed by atoms with Gasteiger partial charge in [0.05, 0.1) is 10.6 Å². The van der Waals surface area contributed by atoms with E-state index in [4.69, 9.17) is 0 Å². The molecule has 7 heteroatoms. The Morgan fingerprint density at radius 1 is 0.964 bits per heavy atom. The van der Waals surface area contributed by atoms with Gasteiger partial charge < -0.3 is 4.90 Å². The van der Waals surface area contributed by atoms with Crippen LogP contribution in [0.4, 0.5) is 10.1 Å². The summed E-state index contributed by atoms with van der Waals surface area (Å²) < 4.78 is 40.9. The van der Waals surface area contributed by atoms with Gasteiger partial charge in [-0.1, -0.05) is 30.5 Å². The summed E-state index contributed by atoms with van der Waals surface area (Å²) in [5.41, 5.74) is 1.40. The molecule has 1 amide bonds. The summed E-state index contributed by atoms with van der Waals surface area (Å²) in [5, 5.41) is 0. The molecule has 0 N–H and O–H groups in total. The van der Waals surface area contributed by atoms with E-state index >= 15 is 0 Å². The van der Waals surface area contributed by atoms with E-state index in [9.17, 15) is 17.6 Å². The number of likely N-dealkylation sites (tertiary alicyclic amines) is 1. The van der Waals surface area contributed by atoms with E-state index in [0.29, 0.717) is 18.8 Å². The predicted molar refractivity (Wildman–Crippen MR) is 107 cm³/mol. The highest BCUT2D eigenvalue weighted by Gasteiger charge is 2.29. The first-order chi connectivity index (χ1) is 13.4. The zero-order valence-corrected chi connectivity index (χ0v) is 16.8. The maximum Gasteiger partial charge on any atom is 0.264 e. The van der Waals surface area contributed by atoms with Crippen LogP contribution in [0.1, 0.15) is 31.2 Å². The van der Waals surface area contributed by atoms with Crippen LogP contribution in [0.2, 0.25) is 0 Å². The summed E-state index contributed by atoms with van der Waals surface area (Å²) in [4.78, 5) is 14.6. The van der Waals surface area contributed by atoms with Crippen molar-refractivity contribution in [3.05, 3.63) is 59.9 Å². The molecule has 1 fully saturated rings. The van der Waals surface area contributed by atoms with E-state index in [2.05, 4.69) is 0 Å². The van der Waals surface area contributed by atoms with E-state index < -0.39 is 15.8 Å². The van der Waals surface area contributed by atoms with Gasteiger partial charge in [-0.15, -0.1) is 0 Å². The molecule has 2 aromatic carbocycles. The molecule has 1 aliphatic rings. The Morgan fingerprint density at radius 3 is 2.11 bits per heavy atom. The molecule has 0 unspecified atom stereocenters. The Morgan fingerprint density at radius 2 is 1.54 bits per heavy atom. The number of aryl methyl sites for hydroxylation is 1. The van der Waals surface area contributed by atoms with Crippen molar-refractivity contribution in [2.75, 3.05) is 23.9 Å². The number of halogens is 1. The standard InChI is InChI=1S/C21H25FN2O3S/c1-17-6-10-19(11-7-17)24(16-21(25)23-14-4-2-3-5-15-23)28(26,27)20-12-8-18(22)9-13-20/h6-13H,2-5,14-16H2,1H3. The van der Waals surface area contributed by atoms with Crippen LogP contribution < -0.4 is 4.31 Å². The Kier molecular flexibility index (Phi) is 6.34. The smallest absolute Gasteiger partial charge is 0.264 e. The third-order valence-electron chi connectivity index (χ3n) is 4.96. The van der Waals surface area contributed by atoms with E-state index in [-0.39, 0.29) is 17.3 Å². The van der Waals surface area contributed by atoms with Crippen LogP contribution in [0.3, 0.4) is 0 Å². The first-order valence-corrected chi connectivity index (χ1v) is 10.9. The SMILES string of the molecule is Cc1ccc(N(CC(=O)N2CCCCCC2)S(=O)(=O)c2ccc(F)cc2)cc1. The van der Waals surface area contributed by atoms with Crippen molar-refractivity contribution in [1.29, 1.82) is 0 Å². The van der Waals surface area contributed by atoms with Crippen LogP contribution >= 0.6 is 0 Å². The summed E-state index contributed by atoms with van der Waals surface area (Å²) >= 11 is 0. The number of carbonyl (C=O) groups excluding carboxylic acids is 1. The molecule has 3 rings (SSSR count). The zero-order valence-electron chi connectivity index (χ0n) is 16.0. The largest absolute Gasteiger partial charge is 0.341 e. The molecule has 5 nitrogen and oxygen atoms in total. The number of hydrogen-bond donors (Lipinski definition) is 0. The van der Waals surface area contributed by atoms with Crippen molar-refractivity contribution in [3.8, 4) is 0 Å². The second kappa shape index (κ2) is 8.73. The van der Waals surface area contributed by atoms with Crippen LogP contribution in [-0.4, -0.2) is 38.9 Å². The fourth-order valence-electron chi connectivity index (χ4n) is 3.30. The Labute approximate surface area is 165 Å². The molecular weight excluding hydrogens is 379 g/mol. The molecule has 0 radical (unpaired) electrons. The van der Waals surface area contributed by atoms with Crippen molar-refractivity contribution < 1.29 is 17.6 Å². The Balaban J connectivity index is 1.93. The Bertz CT molecular complexity index is 904. The first kappa shape index (κ1) is 20.3. The minimum atomic E-state index is -4.01. The molecule has 0 atom stereocenters. The van der Waals surface area contributed by atoms with Gasteiger partial charge in [-0.2, -0.15) is 0 Å². The van der Waals surface area contributed by atoms with Crippen molar-refractivity contribution in [2.45, 2.75) is 37.5 Å². The van der Waals surface area contributed by atoms with Gasteiger partial charge in [-0.05, 0) is 56.2 Å². The summed E-state index contributed by atoms with van der Waals surface area (Å²) in [6.45, 7) is 2.93. The van der Waals surface area contributed by atoms with E-state index in [1.54, 1.807) is 29.2 Å². The number of benzene rings is 2. The highest BCUT2D eigenvalue weighted by molar-refractivity contribution is 7.92. The van der Waals surface area contributed by atoms with Gasteiger partial charge in [-0.3, -0.25) is 9.10 Å². The lowest BCUT2D eigenvalue weighted by Gasteiger charge is -2.28. The number of anilines is 1. The summed E-state index contributed by atoms with van der Waals surface area (Å²) in [6, 6.07) is 11.6. The van der Waals surface area contributed by atoms with Crippen LogP contribution in [0.5, 0.6) is 0 Å². The molecule has 0 aliphatic carbocycles. The summed E-state index contributed by atoms with van der Waals surface area (Å²) in [7, 11) is -4.01. The van der Waals surface area contributed by atoms with Crippen molar-refractivity contribution >= 4 is 21.6 Å². The molecule has 0 spiro atoms. The second-order valence-electron chi connectivity index (χ2n) is 7.10. The van der Waals surface area contributed by atoms with E-state index in [1.165, 1.54) is 12.1 Å². The number of rotatable bonds is 5. The number of sulfonamides is 1. The van der Waals surface area contributed by atoms with Gasteiger partial charge in [0.2, 0.25) is 5.91 Å². The average Bonchev–Trinajstić information content (AvgIpc) is 2.96. The number of carbonyl (C=O) groups is 1. The normalized spacial score (nSPS) is 15.1. The van der Waals surface area contributed by atoms with Gasteiger partial charge in [0.1, 0.15) is 12.4 Å². The molecule has 1 saturated heterocycles. The molecule has 1 aliphatic heterocycles. The summed E-state index contributed by atoms with van der Waals surface area (Å²) in [5.74, 6) is -0.727. The van der Waals surface area contributed by atoms with Gasteiger partial charge in [0, 0.05) is 13.1 Å². The number of hydrogen-bond acceptors (Lipinski definition) is 3. The second-order valence-corrected chi connectivity index (χ2v) is 8.96. The summed E-state index contributed by atoms with van der Waals surface area (Å²) in [6.07, 6.45) is 4.03. The maximum absolute atomic E-state index is 13.3. The Hall–Kier alpha value is -2.41. The molecule has 0 bridgehead atoms. The van der Waals surface area contributed by atoms with E-state index in [1.807, 2.05) is 6.92 Å². The van der Waals surface area contributed by atoms with Crippen LogP contribution in [0, 0.1) is 12.7 Å². The fraction of sp³-hybridized carbons (Fsp3) is 0.381. The van der Waals surface area contributed by atoms with E-state index in [0.717, 1.165) is 47.7 Å². The van der Waals surface area contributed by atoms with Crippen LogP contribution in [0.25, 0.3) is 0 Å². The first-order valence-electron chi connectivity index (χ1n) is 9.51. The molecular formula is C21H25FN2O3S. The van der Waals surface area contributed by atoms with Gasteiger partial charge in [0.25, 0.3) is 10.0 Å². The third kappa shape index (κ3) is 4.70. The van der Waals surface area contributed by atoms with Crippen LogP contribution in [0.15, 0.2) is 53.4 Å². The zero-order chi connectivity index (χ0) is 20.1. The molecule has 1 heterocycles. The monoisotopic (exact) mass is 404 g/mol. The fourth-order valence-corrected chi connectivity index (χ4v) is 4.72. The van der Waals surface area contributed by atoms with Crippen LogP contribution in [-0.2, 0) is 14.8 Å². The number of amides is 1. The topological polar surface area (TPSA) is 57.7 Å². The maximum atomic E-state index is 13.3. The molecule has 150 valence electrons. The quantitative estimate of drug-likeness (QED) is 0.763. The van der Waals surface area contributed by atoms with Crippen molar-refractivity contribution in [1.82, 2.24) is 4.90 Å². The van der Waals surface area contributed by atoms with Gasteiger partial charge in [0.15, 0.2) is 0 Å². The third-order valence-corrected chi connectivity index (χ3v) is 6.75. The lowest BCUT2D eigenvalue weighted by atomic mass is 10.2. The molecule has 2 aromatic rings. The van der Waals surface area contributed by atoms with Crippen molar-refractivity contribution in [3.63, 3.8) is 0 Å². The predicted octanol–water partition coefficient (Wildman–Crippen LogP) is 3.73. The lowest BCUT2D eigenvalue weighted by Crippen LogP contribution is -2.43. The number of nitrogens with zero attached hydrogens (tertiary/aromatic N) is 2. The lowest BCUT2D eigenvalue weighted by molar-refractivity contribution is -0.129. The minimum Gasteiger partial charge on any atom is -0.341 e.